The van der Waals surface area contributed by atoms with Gasteiger partial charge < -0.3 is 13.9 Å². The molecular weight excluding hydrogens is 574 g/mol. The number of rotatable bonds is 3. The van der Waals surface area contributed by atoms with Crippen LogP contribution in [-0.2, 0) is 5.41 Å². The second kappa shape index (κ2) is 9.59. The number of hydrogen-bond donors (Lipinski definition) is 0. The number of nitrogens with zero attached hydrogens (tertiary/aromatic N) is 3. The summed E-state index contributed by atoms with van der Waals surface area (Å²) in [5, 5.41) is 4.83. The Kier molecular flexibility index (Phi) is 5.47. The first-order chi connectivity index (χ1) is 23.0. The fourth-order valence-electron chi connectivity index (χ4n) is 9.07. The highest BCUT2D eigenvalue weighted by Gasteiger charge is 2.58. The number of pyridine rings is 1. The average molecular weight is 610 g/mol. The summed E-state index contributed by atoms with van der Waals surface area (Å²) < 4.78 is 8.77. The minimum atomic E-state index is -0.0213. The van der Waals surface area contributed by atoms with Crippen LogP contribution in [0.5, 0.6) is 0 Å². The van der Waals surface area contributed by atoms with Gasteiger partial charge in [0.15, 0.2) is 0 Å². The van der Waals surface area contributed by atoms with Crippen LogP contribution in [0.1, 0.15) is 45.1 Å². The van der Waals surface area contributed by atoms with Gasteiger partial charge in [-0.1, -0.05) is 92.6 Å². The number of para-hydroxylation sites is 3. The minimum absolute atomic E-state index is 0.0213. The predicted octanol–water partition coefficient (Wildman–Crippen LogP) is 11.5. The molecule has 47 heavy (non-hydrogen) atoms. The van der Waals surface area contributed by atoms with Crippen LogP contribution in [0.4, 0.5) is 11.5 Å². The lowest BCUT2D eigenvalue weighted by molar-refractivity contribution is 0.195. The zero-order chi connectivity index (χ0) is 31.3. The van der Waals surface area contributed by atoms with Crippen molar-refractivity contribution in [2.75, 3.05) is 4.90 Å². The second-order valence-electron chi connectivity index (χ2n) is 13.9. The van der Waals surface area contributed by atoms with Crippen molar-refractivity contribution in [3.8, 4) is 16.8 Å². The quantitative estimate of drug-likeness (QED) is 0.200. The van der Waals surface area contributed by atoms with Gasteiger partial charge in [-0.2, -0.15) is 0 Å². The van der Waals surface area contributed by atoms with E-state index >= 15 is 0 Å². The summed E-state index contributed by atoms with van der Waals surface area (Å²) >= 11 is 0. The summed E-state index contributed by atoms with van der Waals surface area (Å²) in [5.74, 6) is 1.12. The first-order valence-corrected chi connectivity index (χ1v) is 16.9. The van der Waals surface area contributed by atoms with Gasteiger partial charge in [-0.3, -0.25) is 0 Å². The SMILES string of the molecule is CC12CCCCC1(C)N(c1ccc3c(c1)c1ccccc1n3-c1ccc(-c3cccc4c3oc3ccccc34)cc1)c1ncccc12. The van der Waals surface area contributed by atoms with Crippen molar-refractivity contribution in [3.63, 3.8) is 0 Å². The van der Waals surface area contributed by atoms with Crippen LogP contribution in [0, 0.1) is 0 Å². The lowest BCUT2D eigenvalue weighted by Crippen LogP contribution is -2.54. The highest BCUT2D eigenvalue weighted by Crippen LogP contribution is 2.60. The summed E-state index contributed by atoms with van der Waals surface area (Å²) in [4.78, 5) is 7.58. The van der Waals surface area contributed by atoms with Gasteiger partial charge in [-0.05, 0) is 73.9 Å². The molecule has 5 aromatic carbocycles. The molecule has 1 aliphatic heterocycles. The molecule has 4 heterocycles. The van der Waals surface area contributed by atoms with Crippen LogP contribution in [0.2, 0.25) is 0 Å². The topological polar surface area (TPSA) is 34.2 Å². The molecular formula is C43H35N3O. The molecule has 0 amide bonds. The molecule has 8 aromatic rings. The van der Waals surface area contributed by atoms with Gasteiger partial charge in [0, 0.05) is 55.7 Å². The molecule has 0 N–H and O–H groups in total. The third-order valence-corrected chi connectivity index (χ3v) is 11.6. The van der Waals surface area contributed by atoms with Crippen molar-refractivity contribution in [1.82, 2.24) is 9.55 Å². The molecule has 1 fully saturated rings. The minimum Gasteiger partial charge on any atom is -0.455 e. The van der Waals surface area contributed by atoms with Gasteiger partial charge in [0.25, 0.3) is 0 Å². The molecule has 2 atom stereocenters. The van der Waals surface area contributed by atoms with Crippen LogP contribution in [0.25, 0.3) is 60.6 Å². The average Bonchev–Trinajstić information content (AvgIpc) is 3.72. The molecule has 1 aliphatic carbocycles. The Balaban J connectivity index is 1.11. The fourth-order valence-corrected chi connectivity index (χ4v) is 9.07. The van der Waals surface area contributed by atoms with E-state index in [2.05, 4.69) is 133 Å². The van der Waals surface area contributed by atoms with Gasteiger partial charge >= 0.3 is 0 Å². The largest absolute Gasteiger partial charge is 0.455 e. The zero-order valence-electron chi connectivity index (χ0n) is 26.7. The molecule has 0 bridgehead atoms. The molecule has 0 radical (unpaired) electrons. The highest BCUT2D eigenvalue weighted by atomic mass is 16.3. The van der Waals surface area contributed by atoms with Crippen molar-refractivity contribution in [2.45, 2.75) is 50.5 Å². The monoisotopic (exact) mass is 609 g/mol. The van der Waals surface area contributed by atoms with E-state index < -0.39 is 0 Å². The Morgan fingerprint density at radius 1 is 0.638 bits per heavy atom. The van der Waals surface area contributed by atoms with E-state index in [0.29, 0.717) is 0 Å². The Labute approximate surface area is 273 Å². The molecule has 10 rings (SSSR count). The van der Waals surface area contributed by atoms with Crippen molar-refractivity contribution in [2.24, 2.45) is 0 Å². The predicted molar refractivity (Wildman–Crippen MR) is 194 cm³/mol. The second-order valence-corrected chi connectivity index (χ2v) is 13.9. The third kappa shape index (κ3) is 3.56. The van der Waals surface area contributed by atoms with Crippen LogP contribution in [-0.4, -0.2) is 15.1 Å². The number of fused-ring (bicyclic) bond motifs is 9. The third-order valence-electron chi connectivity index (χ3n) is 11.6. The maximum Gasteiger partial charge on any atom is 0.143 e. The summed E-state index contributed by atoms with van der Waals surface area (Å²) in [7, 11) is 0. The van der Waals surface area contributed by atoms with E-state index in [4.69, 9.17) is 9.40 Å². The first kappa shape index (κ1) is 26.8. The van der Waals surface area contributed by atoms with Gasteiger partial charge in [0.1, 0.15) is 17.0 Å². The Bertz CT molecular complexity index is 2520. The maximum atomic E-state index is 6.36. The van der Waals surface area contributed by atoms with E-state index in [9.17, 15) is 0 Å². The molecule has 2 aliphatic rings. The van der Waals surface area contributed by atoms with Gasteiger partial charge in [0.2, 0.25) is 0 Å². The van der Waals surface area contributed by atoms with Crippen LogP contribution in [0.15, 0.2) is 132 Å². The van der Waals surface area contributed by atoms with Gasteiger partial charge in [-0.15, -0.1) is 0 Å². The van der Waals surface area contributed by atoms with E-state index in [0.717, 1.165) is 51.0 Å². The Morgan fingerprint density at radius 3 is 2.28 bits per heavy atom. The molecule has 4 nitrogen and oxygen atoms in total. The summed E-state index contributed by atoms with van der Waals surface area (Å²) in [6.45, 7) is 4.93. The molecule has 2 unspecified atom stereocenters. The number of anilines is 2. The first-order valence-electron chi connectivity index (χ1n) is 16.9. The van der Waals surface area contributed by atoms with E-state index in [1.807, 2.05) is 18.3 Å². The molecule has 1 saturated carbocycles. The lowest BCUT2D eigenvalue weighted by atomic mass is 9.61. The molecule has 228 valence electrons. The van der Waals surface area contributed by atoms with E-state index in [-0.39, 0.29) is 11.0 Å². The smallest absolute Gasteiger partial charge is 0.143 e. The zero-order valence-corrected chi connectivity index (χ0v) is 26.7. The Morgan fingerprint density at radius 2 is 1.38 bits per heavy atom. The Hall–Kier alpha value is -5.35. The van der Waals surface area contributed by atoms with Gasteiger partial charge in [0.05, 0.1) is 16.6 Å². The summed E-state index contributed by atoms with van der Waals surface area (Å²) in [6, 6.07) is 43.9. The number of furan rings is 1. The lowest BCUT2D eigenvalue weighted by Gasteiger charge is -2.50. The molecule has 3 aromatic heterocycles. The van der Waals surface area contributed by atoms with Crippen LogP contribution >= 0.6 is 0 Å². The van der Waals surface area contributed by atoms with Crippen LogP contribution < -0.4 is 4.90 Å². The number of benzene rings is 5. The highest BCUT2D eigenvalue weighted by molar-refractivity contribution is 6.11. The van der Waals surface area contributed by atoms with E-state index in [1.165, 1.54) is 52.3 Å². The fraction of sp³-hybridized carbons (Fsp3) is 0.186. The van der Waals surface area contributed by atoms with Crippen molar-refractivity contribution in [1.29, 1.82) is 0 Å². The number of aromatic nitrogens is 2. The van der Waals surface area contributed by atoms with Gasteiger partial charge in [-0.25, -0.2) is 4.98 Å². The van der Waals surface area contributed by atoms with Crippen molar-refractivity contribution < 1.29 is 4.42 Å². The molecule has 4 heteroatoms. The van der Waals surface area contributed by atoms with Crippen molar-refractivity contribution in [3.05, 3.63) is 133 Å². The summed E-state index contributed by atoms with van der Waals surface area (Å²) in [6.07, 6.45) is 6.83. The standard InChI is InChI=1S/C43H35N3O/c1-42-24-7-8-25-43(42,2)46(41-36(42)15-10-26-44-41)30-22-23-38-35(27-30)32-11-3-5-16-37(32)45(38)29-20-18-28(19-21-29)31-13-9-14-34-33-12-4-6-17-39(33)47-40(31)34/h3-6,9-23,26-27H,7-8,24-25H2,1-2H3. The van der Waals surface area contributed by atoms with Crippen LogP contribution in [0.3, 0.4) is 0 Å². The molecule has 0 saturated heterocycles. The van der Waals surface area contributed by atoms with Crippen molar-refractivity contribution >= 4 is 55.2 Å². The maximum absolute atomic E-state index is 6.36. The number of hydrogen-bond acceptors (Lipinski definition) is 3. The molecule has 0 spiro atoms. The summed E-state index contributed by atoms with van der Waals surface area (Å²) in [5.41, 5.74) is 10.3. The van der Waals surface area contributed by atoms with E-state index in [1.54, 1.807) is 0 Å². The normalized spacial score (nSPS) is 20.8.